The quantitative estimate of drug-likeness (QED) is 0.169. The molecule has 0 spiro atoms. The van der Waals surface area contributed by atoms with Gasteiger partial charge in [0.05, 0.1) is 5.69 Å². The van der Waals surface area contributed by atoms with Crippen LogP contribution in [-0.2, 0) is 10.8 Å². The van der Waals surface area contributed by atoms with E-state index in [4.69, 9.17) is 0 Å². The zero-order chi connectivity index (χ0) is 39.2. The molecule has 0 fully saturated rings. The van der Waals surface area contributed by atoms with Crippen molar-refractivity contribution in [2.24, 2.45) is 0 Å². The van der Waals surface area contributed by atoms with E-state index in [1.807, 2.05) is 11.3 Å². The lowest BCUT2D eigenvalue weighted by molar-refractivity contribution is 0.645. The lowest BCUT2D eigenvalue weighted by atomic mass is 9.67. The number of hydrogen-bond acceptors (Lipinski definition) is 2. The van der Waals surface area contributed by atoms with Gasteiger partial charge in [-0.1, -0.05) is 153 Å². The molecule has 0 saturated carbocycles. The minimum Gasteiger partial charge on any atom is -0.310 e. The van der Waals surface area contributed by atoms with Crippen LogP contribution in [0, 0.1) is 0 Å². The van der Waals surface area contributed by atoms with Gasteiger partial charge in [-0.05, 0) is 127 Å². The molecule has 13 rings (SSSR count). The average molecular weight is 770 g/mol. The molecule has 1 nitrogen and oxygen atoms in total. The molecule has 4 bridgehead atoms. The second-order valence-electron chi connectivity index (χ2n) is 17.4. The maximum Gasteiger partial charge on any atom is 0.0546 e. The average Bonchev–Trinajstić information content (AvgIpc) is 3.79. The summed E-state index contributed by atoms with van der Waals surface area (Å²) in [5.41, 5.74) is 20.0. The molecule has 0 N–H and O–H groups in total. The Labute approximate surface area is 348 Å². The normalized spacial score (nSPS) is 16.6. The predicted octanol–water partition coefficient (Wildman–Crippen LogP) is 16.0. The summed E-state index contributed by atoms with van der Waals surface area (Å²) in [7, 11) is 0. The van der Waals surface area contributed by atoms with Crippen molar-refractivity contribution in [2.75, 3.05) is 4.90 Å². The Balaban J connectivity index is 1.12. The van der Waals surface area contributed by atoms with Gasteiger partial charge in [-0.15, -0.1) is 11.3 Å². The Bertz CT molecular complexity index is 3440. The summed E-state index contributed by atoms with van der Waals surface area (Å²) in [5, 5.41) is 5.28. The Morgan fingerprint density at radius 3 is 1.95 bits per heavy atom. The highest BCUT2D eigenvalue weighted by Gasteiger charge is 2.43. The van der Waals surface area contributed by atoms with E-state index in [1.54, 1.807) is 0 Å². The maximum absolute atomic E-state index is 2.54. The number of fused-ring (bicyclic) bond motifs is 11. The van der Waals surface area contributed by atoms with Crippen molar-refractivity contribution >= 4 is 59.3 Å². The molecule has 0 radical (unpaired) electrons. The zero-order valence-corrected chi connectivity index (χ0v) is 34.0. The van der Waals surface area contributed by atoms with Crippen LogP contribution in [-0.4, -0.2) is 0 Å². The first-order valence-corrected chi connectivity index (χ1v) is 21.6. The molecule has 1 aliphatic heterocycles. The van der Waals surface area contributed by atoms with Crippen molar-refractivity contribution in [3.8, 4) is 44.5 Å². The first-order valence-electron chi connectivity index (χ1n) is 20.8. The third-order valence-electron chi connectivity index (χ3n) is 14.1. The smallest absolute Gasteiger partial charge is 0.0546 e. The van der Waals surface area contributed by atoms with Crippen LogP contribution in [0.5, 0.6) is 0 Å². The summed E-state index contributed by atoms with van der Waals surface area (Å²) in [6, 6.07) is 69.3. The summed E-state index contributed by atoms with van der Waals surface area (Å²) >= 11 is 1.89. The van der Waals surface area contributed by atoms with Gasteiger partial charge in [0, 0.05) is 47.9 Å². The highest BCUT2D eigenvalue weighted by molar-refractivity contribution is 7.26. The third-order valence-corrected chi connectivity index (χ3v) is 15.3. The Kier molecular flexibility index (Phi) is 6.59. The van der Waals surface area contributed by atoms with Crippen molar-refractivity contribution < 1.29 is 0 Å². The topological polar surface area (TPSA) is 3.24 Å². The molecule has 1 unspecified atom stereocenters. The maximum atomic E-state index is 2.54. The summed E-state index contributed by atoms with van der Waals surface area (Å²) in [5.74, 6) is 0. The summed E-state index contributed by atoms with van der Waals surface area (Å²) in [6.45, 7) is 7.26. The van der Waals surface area contributed by atoms with E-state index in [9.17, 15) is 0 Å². The first kappa shape index (κ1) is 33.3. The summed E-state index contributed by atoms with van der Waals surface area (Å²) in [4.78, 5) is 2.54. The number of anilines is 3. The van der Waals surface area contributed by atoms with Crippen LogP contribution < -0.4 is 4.90 Å². The van der Waals surface area contributed by atoms with Gasteiger partial charge in [-0.25, -0.2) is 0 Å². The number of benzene rings is 9. The summed E-state index contributed by atoms with van der Waals surface area (Å²) < 4.78 is 2.67. The number of nitrogens with zero attached hydrogens (tertiary/aromatic N) is 1. The molecule has 1 atom stereocenters. The van der Waals surface area contributed by atoms with Crippen LogP contribution in [0.3, 0.4) is 0 Å². The minimum atomic E-state index is -0.370. The molecule has 59 heavy (non-hydrogen) atoms. The highest BCUT2D eigenvalue weighted by Crippen LogP contribution is 2.59. The molecule has 3 aliphatic rings. The highest BCUT2D eigenvalue weighted by atomic mass is 32.1. The molecule has 1 aromatic heterocycles. The monoisotopic (exact) mass is 769 g/mol. The van der Waals surface area contributed by atoms with E-state index in [0.29, 0.717) is 0 Å². The van der Waals surface area contributed by atoms with Crippen LogP contribution in [0.15, 0.2) is 182 Å². The van der Waals surface area contributed by atoms with Gasteiger partial charge in [0.15, 0.2) is 0 Å². The molecular formula is C57H39NS. The van der Waals surface area contributed by atoms with Crippen molar-refractivity contribution in [1.29, 1.82) is 0 Å². The molecule has 2 heteroatoms. The first-order chi connectivity index (χ1) is 28.9. The lowest BCUT2D eigenvalue weighted by Gasteiger charge is -2.39. The lowest BCUT2D eigenvalue weighted by Crippen LogP contribution is -2.26. The van der Waals surface area contributed by atoms with Crippen molar-refractivity contribution in [3.63, 3.8) is 0 Å². The van der Waals surface area contributed by atoms with E-state index in [-0.39, 0.29) is 10.8 Å². The molecule has 10 aromatic rings. The van der Waals surface area contributed by atoms with Crippen LogP contribution in [0.1, 0.15) is 48.6 Å². The van der Waals surface area contributed by atoms with Gasteiger partial charge in [-0.3, -0.25) is 0 Å². The number of rotatable bonds is 2. The molecule has 0 saturated heterocycles. The van der Waals surface area contributed by atoms with Gasteiger partial charge >= 0.3 is 0 Å². The minimum absolute atomic E-state index is 0.180. The Morgan fingerprint density at radius 2 is 1.08 bits per heavy atom. The van der Waals surface area contributed by atoms with Gasteiger partial charge in [-0.2, -0.15) is 0 Å². The molecule has 2 heterocycles. The van der Waals surface area contributed by atoms with Gasteiger partial charge in [0.2, 0.25) is 0 Å². The fraction of sp³-hybridized carbons (Fsp3) is 0.0877. The second-order valence-corrected chi connectivity index (χ2v) is 18.4. The van der Waals surface area contributed by atoms with Gasteiger partial charge < -0.3 is 4.90 Å². The Morgan fingerprint density at radius 1 is 0.424 bits per heavy atom. The molecule has 9 aromatic carbocycles. The van der Waals surface area contributed by atoms with E-state index >= 15 is 0 Å². The van der Waals surface area contributed by atoms with E-state index in [0.717, 1.165) is 11.4 Å². The van der Waals surface area contributed by atoms with Crippen molar-refractivity contribution in [2.45, 2.75) is 31.6 Å². The standard InChI is InChI=1S/C57H39NS/c1-56(2)46-30-24-36-32-45(46)54-51(31-25-35-12-10-20-49(56)53(35)54)58(37-26-22-34(23-27-37)40-16-11-17-44-43-15-6-9-21-52(43)59-55(40)44)38-28-29-42-41-14-5-8-19-48(41)57(3,50(42)33-38)47-18-7-4-13-39(36)47/h4-33H,1-3H3. The Hall–Kier alpha value is -6.74. The number of hydrogen-bond donors (Lipinski definition) is 0. The number of thiophene rings is 1. The summed E-state index contributed by atoms with van der Waals surface area (Å²) in [6.07, 6.45) is 0. The fourth-order valence-electron chi connectivity index (χ4n) is 11.2. The fourth-order valence-corrected chi connectivity index (χ4v) is 12.5. The van der Waals surface area contributed by atoms with Crippen LogP contribution in [0.4, 0.5) is 17.1 Å². The van der Waals surface area contributed by atoms with Crippen LogP contribution in [0.25, 0.3) is 75.5 Å². The molecular weight excluding hydrogens is 731 g/mol. The largest absolute Gasteiger partial charge is 0.310 e. The van der Waals surface area contributed by atoms with Crippen molar-refractivity contribution in [1.82, 2.24) is 0 Å². The van der Waals surface area contributed by atoms with Gasteiger partial charge in [0.1, 0.15) is 0 Å². The van der Waals surface area contributed by atoms with E-state index in [2.05, 4.69) is 208 Å². The predicted molar refractivity (Wildman–Crippen MR) is 251 cm³/mol. The van der Waals surface area contributed by atoms with Gasteiger partial charge in [0.25, 0.3) is 0 Å². The van der Waals surface area contributed by atoms with Crippen molar-refractivity contribution in [3.05, 3.63) is 210 Å². The molecule has 0 amide bonds. The van der Waals surface area contributed by atoms with E-state index < -0.39 is 0 Å². The zero-order valence-electron chi connectivity index (χ0n) is 33.2. The third kappa shape index (κ3) is 4.34. The molecule has 2 aliphatic carbocycles. The van der Waals surface area contributed by atoms with Crippen LogP contribution >= 0.6 is 11.3 Å². The van der Waals surface area contributed by atoms with E-state index in [1.165, 1.54) is 109 Å². The second kappa shape index (κ2) is 11.7. The SMILES string of the molecule is CC1(C)c2ccc3cc2-c2c(ccc4cccc1c24)N(c1ccc(-c2cccc4c2sc2ccccc24)cc1)c1ccc2c(c1)C(C)(c1ccccc1-3)c1ccccc1-2. The van der Waals surface area contributed by atoms with Crippen LogP contribution in [0.2, 0.25) is 0 Å². The molecule has 278 valence electrons.